The van der Waals surface area contributed by atoms with Crippen LogP contribution < -0.4 is 0 Å². The van der Waals surface area contributed by atoms with E-state index in [1.54, 1.807) is 0 Å². The predicted octanol–water partition coefficient (Wildman–Crippen LogP) is 2.07. The Morgan fingerprint density at radius 3 is 2.43 bits per heavy atom. The number of hydrogen-bond donors (Lipinski definition) is 0. The molecule has 1 aromatic rings. The van der Waals surface area contributed by atoms with Crippen molar-refractivity contribution in [3.63, 3.8) is 0 Å². The molecule has 0 saturated carbocycles. The predicted molar refractivity (Wildman–Crippen MR) is 53.5 cm³/mol. The first-order chi connectivity index (χ1) is 6.45. The van der Waals surface area contributed by atoms with E-state index in [-0.39, 0.29) is 16.2 Å². The van der Waals surface area contributed by atoms with E-state index in [4.69, 9.17) is 0 Å². The van der Waals surface area contributed by atoms with Crippen LogP contribution >= 0.6 is 0 Å². The molecule has 0 radical (unpaired) electrons. The van der Waals surface area contributed by atoms with Gasteiger partial charge in [0.2, 0.25) is 0 Å². The molecular formula is C10H11FO2S. The van der Waals surface area contributed by atoms with Crippen molar-refractivity contribution in [1.82, 2.24) is 0 Å². The van der Waals surface area contributed by atoms with Crippen molar-refractivity contribution in [3.05, 3.63) is 29.1 Å². The number of benzene rings is 1. The maximum Gasteiger partial charge on any atom is 0.160 e. The Labute approximate surface area is 84.6 Å². The Morgan fingerprint density at radius 2 is 2.00 bits per heavy atom. The first kappa shape index (κ1) is 11.0. The van der Waals surface area contributed by atoms with E-state index in [1.165, 1.54) is 32.2 Å². The molecule has 0 aliphatic rings. The van der Waals surface area contributed by atoms with Crippen molar-refractivity contribution >= 4 is 16.6 Å². The van der Waals surface area contributed by atoms with Crippen LogP contribution in [-0.2, 0) is 10.8 Å². The summed E-state index contributed by atoms with van der Waals surface area (Å²) in [6.45, 7) is 2.90. The van der Waals surface area contributed by atoms with Gasteiger partial charge in [-0.1, -0.05) is 0 Å². The zero-order valence-electron chi connectivity index (χ0n) is 8.26. The number of halogens is 1. The zero-order chi connectivity index (χ0) is 10.9. The molecule has 0 bridgehead atoms. The van der Waals surface area contributed by atoms with Crippen LogP contribution in [0.5, 0.6) is 0 Å². The Morgan fingerprint density at radius 1 is 1.43 bits per heavy atom. The minimum absolute atomic E-state index is 0.146. The minimum atomic E-state index is -1.36. The van der Waals surface area contributed by atoms with Crippen LogP contribution in [-0.4, -0.2) is 16.2 Å². The second-order valence-electron chi connectivity index (χ2n) is 3.06. The first-order valence-electron chi connectivity index (χ1n) is 4.08. The largest absolute Gasteiger partial charge is 0.294 e. The number of rotatable bonds is 2. The molecule has 0 spiro atoms. The van der Waals surface area contributed by atoms with Gasteiger partial charge in [0.15, 0.2) is 5.78 Å². The van der Waals surface area contributed by atoms with E-state index in [0.29, 0.717) is 5.56 Å². The van der Waals surface area contributed by atoms with E-state index in [2.05, 4.69) is 0 Å². The van der Waals surface area contributed by atoms with Gasteiger partial charge in [-0.3, -0.25) is 9.00 Å². The average molecular weight is 214 g/mol. The van der Waals surface area contributed by atoms with Gasteiger partial charge in [-0.2, -0.15) is 0 Å². The fourth-order valence-electron chi connectivity index (χ4n) is 1.26. The van der Waals surface area contributed by atoms with E-state index in [1.807, 2.05) is 0 Å². The van der Waals surface area contributed by atoms with Gasteiger partial charge in [-0.05, 0) is 31.5 Å². The lowest BCUT2D eigenvalue weighted by molar-refractivity contribution is 0.101. The van der Waals surface area contributed by atoms with Gasteiger partial charge >= 0.3 is 0 Å². The lowest BCUT2D eigenvalue weighted by Gasteiger charge is -2.06. The van der Waals surface area contributed by atoms with Gasteiger partial charge in [0.25, 0.3) is 0 Å². The van der Waals surface area contributed by atoms with Crippen molar-refractivity contribution in [2.45, 2.75) is 18.7 Å². The van der Waals surface area contributed by atoms with Gasteiger partial charge in [0.1, 0.15) is 5.82 Å². The van der Waals surface area contributed by atoms with Crippen LogP contribution in [0, 0.1) is 12.7 Å². The molecule has 0 aliphatic carbocycles. The maximum absolute atomic E-state index is 13.5. The summed E-state index contributed by atoms with van der Waals surface area (Å²) in [7, 11) is -1.36. The fraction of sp³-hybridized carbons (Fsp3) is 0.300. The molecule has 0 aromatic heterocycles. The number of carbonyl (C=O) groups excluding carboxylic acids is 1. The van der Waals surface area contributed by atoms with Crippen LogP contribution in [0.2, 0.25) is 0 Å². The van der Waals surface area contributed by atoms with Crippen molar-refractivity contribution in [1.29, 1.82) is 0 Å². The molecule has 2 nitrogen and oxygen atoms in total. The lowest BCUT2D eigenvalue weighted by atomic mass is 10.1. The van der Waals surface area contributed by atoms with E-state index in [9.17, 15) is 13.4 Å². The molecule has 1 atom stereocenters. The molecule has 0 aliphatic heterocycles. The molecule has 76 valence electrons. The van der Waals surface area contributed by atoms with Crippen LogP contribution in [0.4, 0.5) is 4.39 Å². The van der Waals surface area contributed by atoms with Crippen LogP contribution in [0.1, 0.15) is 22.8 Å². The summed E-state index contributed by atoms with van der Waals surface area (Å²) in [5, 5.41) is 0. The van der Waals surface area contributed by atoms with E-state index >= 15 is 0 Å². The van der Waals surface area contributed by atoms with Gasteiger partial charge in [0, 0.05) is 11.8 Å². The summed E-state index contributed by atoms with van der Waals surface area (Å²) >= 11 is 0. The SMILES string of the molecule is CC(=O)c1ccc(S(C)=O)c(F)c1C. The first-order valence-corrected chi connectivity index (χ1v) is 5.64. The third-order valence-corrected chi connectivity index (χ3v) is 2.97. The topological polar surface area (TPSA) is 34.1 Å². The molecule has 0 saturated heterocycles. The summed E-state index contributed by atoms with van der Waals surface area (Å²) in [5.41, 5.74) is 0.613. The standard InChI is InChI=1S/C10H11FO2S/c1-6-8(7(2)12)4-5-9(10(6)11)14(3)13/h4-5H,1-3H3. The molecule has 1 aromatic carbocycles. The molecule has 1 unspecified atom stereocenters. The summed E-state index contributed by atoms with van der Waals surface area (Å²) in [6.07, 6.45) is 1.41. The highest BCUT2D eigenvalue weighted by Gasteiger charge is 2.14. The molecule has 14 heavy (non-hydrogen) atoms. The van der Waals surface area contributed by atoms with Crippen molar-refractivity contribution in [2.24, 2.45) is 0 Å². The second-order valence-corrected chi connectivity index (χ2v) is 4.41. The molecule has 1 rings (SSSR count). The maximum atomic E-state index is 13.5. The summed E-state index contributed by atoms with van der Waals surface area (Å²) in [6, 6.07) is 2.91. The lowest BCUT2D eigenvalue weighted by Crippen LogP contribution is -2.02. The number of Topliss-reactive ketones (excluding diaryl/α,β-unsaturated/α-hetero) is 1. The number of hydrogen-bond acceptors (Lipinski definition) is 2. The molecular weight excluding hydrogens is 203 g/mol. The third-order valence-electron chi connectivity index (χ3n) is 2.04. The molecule has 0 fully saturated rings. The summed E-state index contributed by atoms with van der Waals surface area (Å²) < 4.78 is 24.6. The highest BCUT2D eigenvalue weighted by Crippen LogP contribution is 2.19. The van der Waals surface area contributed by atoms with Crippen molar-refractivity contribution in [3.8, 4) is 0 Å². The van der Waals surface area contributed by atoms with Crippen molar-refractivity contribution in [2.75, 3.05) is 6.26 Å². The quantitative estimate of drug-likeness (QED) is 0.706. The number of carbonyl (C=O) groups is 1. The monoisotopic (exact) mass is 214 g/mol. The molecule has 0 N–H and O–H groups in total. The van der Waals surface area contributed by atoms with Crippen molar-refractivity contribution < 1.29 is 13.4 Å². The Bertz CT molecular complexity index is 374. The van der Waals surface area contributed by atoms with Crippen LogP contribution in [0.15, 0.2) is 17.0 Å². The van der Waals surface area contributed by atoms with E-state index in [0.717, 1.165) is 0 Å². The molecule has 0 amide bonds. The van der Waals surface area contributed by atoms with Gasteiger partial charge in [-0.25, -0.2) is 4.39 Å². The zero-order valence-corrected chi connectivity index (χ0v) is 9.07. The Hall–Kier alpha value is -1.03. The third kappa shape index (κ3) is 1.90. The smallest absolute Gasteiger partial charge is 0.160 e. The van der Waals surface area contributed by atoms with Gasteiger partial charge < -0.3 is 0 Å². The van der Waals surface area contributed by atoms with Gasteiger partial charge in [0.05, 0.1) is 15.7 Å². The fourth-order valence-corrected chi connectivity index (χ4v) is 1.93. The summed E-state index contributed by atoms with van der Waals surface area (Å²) in [5.74, 6) is -0.728. The van der Waals surface area contributed by atoms with Crippen LogP contribution in [0.3, 0.4) is 0 Å². The average Bonchev–Trinajstić information content (AvgIpc) is 2.08. The Kier molecular flexibility index (Phi) is 3.16. The second kappa shape index (κ2) is 4.00. The number of ketones is 1. The molecule has 4 heteroatoms. The van der Waals surface area contributed by atoms with E-state index < -0.39 is 16.6 Å². The highest BCUT2D eigenvalue weighted by molar-refractivity contribution is 7.84. The molecule has 0 heterocycles. The minimum Gasteiger partial charge on any atom is -0.294 e. The van der Waals surface area contributed by atoms with Crippen LogP contribution in [0.25, 0.3) is 0 Å². The van der Waals surface area contributed by atoms with Gasteiger partial charge in [-0.15, -0.1) is 0 Å². The Balaban J connectivity index is 3.41. The normalized spacial score (nSPS) is 12.6. The summed E-state index contributed by atoms with van der Waals surface area (Å²) in [4.78, 5) is 11.2. The highest BCUT2D eigenvalue weighted by atomic mass is 32.2.